The Bertz CT molecular complexity index is 178. The van der Waals surface area contributed by atoms with Gasteiger partial charge in [-0.15, -0.1) is 0 Å². The van der Waals surface area contributed by atoms with Crippen LogP contribution in [0.3, 0.4) is 0 Å². The maximum absolute atomic E-state index is 11.4. The second kappa shape index (κ2) is 7.99. The molecule has 3 nitrogen and oxygen atoms in total. The minimum absolute atomic E-state index is 0.0747. The summed E-state index contributed by atoms with van der Waals surface area (Å²) in [6, 6.07) is 0. The van der Waals surface area contributed by atoms with Crippen LogP contribution in [0.1, 0.15) is 34.1 Å². The summed E-state index contributed by atoms with van der Waals surface area (Å²) in [5.41, 5.74) is -0.128. The van der Waals surface area contributed by atoms with Crippen molar-refractivity contribution in [1.82, 2.24) is 10.6 Å². The van der Waals surface area contributed by atoms with Gasteiger partial charge < -0.3 is 10.6 Å². The molecule has 90 valence electrons. The van der Waals surface area contributed by atoms with Gasteiger partial charge in [-0.1, -0.05) is 6.92 Å². The summed E-state index contributed by atoms with van der Waals surface area (Å²) in [5.74, 6) is 2.42. The maximum Gasteiger partial charge on any atom is 0.234 e. The molecule has 0 saturated heterocycles. The molecule has 0 heterocycles. The maximum atomic E-state index is 11.4. The van der Waals surface area contributed by atoms with Crippen molar-refractivity contribution in [1.29, 1.82) is 0 Å². The van der Waals surface area contributed by atoms with E-state index in [0.29, 0.717) is 6.54 Å². The first-order chi connectivity index (χ1) is 6.95. The van der Waals surface area contributed by atoms with Crippen molar-refractivity contribution in [3.63, 3.8) is 0 Å². The van der Waals surface area contributed by atoms with Gasteiger partial charge in [-0.2, -0.15) is 11.8 Å². The zero-order valence-electron chi connectivity index (χ0n) is 10.4. The molecule has 1 amide bonds. The highest BCUT2D eigenvalue weighted by atomic mass is 32.2. The Hall–Kier alpha value is -0.220. The van der Waals surface area contributed by atoms with Gasteiger partial charge in [-0.25, -0.2) is 0 Å². The van der Waals surface area contributed by atoms with Gasteiger partial charge in [0.1, 0.15) is 0 Å². The van der Waals surface area contributed by atoms with Crippen molar-refractivity contribution < 1.29 is 4.79 Å². The Balaban J connectivity index is 3.32. The number of rotatable bonds is 7. The summed E-state index contributed by atoms with van der Waals surface area (Å²) < 4.78 is 0. The van der Waals surface area contributed by atoms with Gasteiger partial charge in [0.15, 0.2) is 0 Å². The molecule has 0 bridgehead atoms. The molecule has 0 aromatic heterocycles. The molecule has 0 atom stereocenters. The molecule has 0 aliphatic heterocycles. The summed E-state index contributed by atoms with van der Waals surface area (Å²) in [6.45, 7) is 9.47. The van der Waals surface area contributed by atoms with Gasteiger partial charge in [0, 0.05) is 5.54 Å². The van der Waals surface area contributed by atoms with E-state index in [1.807, 2.05) is 32.5 Å². The lowest BCUT2D eigenvalue weighted by Gasteiger charge is -2.20. The number of carbonyl (C=O) groups excluding carboxylic acids is 1. The van der Waals surface area contributed by atoms with E-state index in [1.54, 1.807) is 0 Å². The molecule has 0 aromatic rings. The first-order valence-corrected chi connectivity index (χ1v) is 6.70. The lowest BCUT2D eigenvalue weighted by molar-refractivity contribution is -0.121. The van der Waals surface area contributed by atoms with Crippen LogP contribution in [0.15, 0.2) is 0 Å². The molecule has 2 N–H and O–H groups in total. The Kier molecular flexibility index (Phi) is 7.88. The zero-order valence-corrected chi connectivity index (χ0v) is 11.2. The summed E-state index contributed by atoms with van der Waals surface area (Å²) in [7, 11) is 0. The number of carbonyl (C=O) groups is 1. The van der Waals surface area contributed by atoms with Crippen molar-refractivity contribution in [2.24, 2.45) is 0 Å². The monoisotopic (exact) mass is 232 g/mol. The van der Waals surface area contributed by atoms with Gasteiger partial charge >= 0.3 is 0 Å². The molecule has 0 rings (SSSR count). The number of hydrogen-bond acceptors (Lipinski definition) is 3. The van der Waals surface area contributed by atoms with Crippen LogP contribution in [0.25, 0.3) is 0 Å². The van der Waals surface area contributed by atoms with Crippen molar-refractivity contribution in [2.45, 2.75) is 39.7 Å². The summed E-state index contributed by atoms with van der Waals surface area (Å²) in [6.07, 6.45) is 1.13. The molecule has 15 heavy (non-hydrogen) atoms. The minimum Gasteiger partial charge on any atom is -0.350 e. The Labute approximate surface area is 97.8 Å². The lowest BCUT2D eigenvalue weighted by Crippen LogP contribution is -2.45. The normalized spacial score (nSPS) is 11.5. The van der Waals surface area contributed by atoms with E-state index < -0.39 is 0 Å². The van der Waals surface area contributed by atoms with E-state index in [1.165, 1.54) is 11.5 Å². The second-order valence-corrected chi connectivity index (χ2v) is 5.92. The molecule has 0 aromatic carbocycles. The third-order valence-corrected chi connectivity index (χ3v) is 2.63. The van der Waals surface area contributed by atoms with Crippen LogP contribution in [0.5, 0.6) is 0 Å². The average molecular weight is 232 g/mol. The van der Waals surface area contributed by atoms with Crippen LogP contribution in [-0.4, -0.2) is 36.0 Å². The SMILES string of the molecule is CCSCCCNCC(=O)NC(C)(C)C. The van der Waals surface area contributed by atoms with Crippen LogP contribution in [-0.2, 0) is 4.79 Å². The van der Waals surface area contributed by atoms with Crippen molar-refractivity contribution in [2.75, 3.05) is 24.6 Å². The number of hydrogen-bond donors (Lipinski definition) is 2. The molecule has 0 unspecified atom stereocenters. The zero-order chi connectivity index (χ0) is 11.7. The molecule has 0 saturated carbocycles. The molecule has 0 spiro atoms. The predicted octanol–water partition coefficient (Wildman–Crippen LogP) is 1.63. The van der Waals surface area contributed by atoms with E-state index in [2.05, 4.69) is 17.6 Å². The Morgan fingerprint density at radius 1 is 1.33 bits per heavy atom. The van der Waals surface area contributed by atoms with Crippen molar-refractivity contribution >= 4 is 17.7 Å². The third-order valence-electron chi connectivity index (χ3n) is 1.65. The lowest BCUT2D eigenvalue weighted by atomic mass is 10.1. The van der Waals surface area contributed by atoms with Gasteiger partial charge in [-0.3, -0.25) is 4.79 Å². The first kappa shape index (κ1) is 14.8. The highest BCUT2D eigenvalue weighted by molar-refractivity contribution is 7.99. The number of thioether (sulfide) groups is 1. The molecule has 0 fully saturated rings. The van der Waals surface area contributed by atoms with Crippen molar-refractivity contribution in [3.05, 3.63) is 0 Å². The second-order valence-electron chi connectivity index (χ2n) is 4.53. The van der Waals surface area contributed by atoms with E-state index in [0.717, 1.165) is 13.0 Å². The van der Waals surface area contributed by atoms with Gasteiger partial charge in [-0.05, 0) is 45.2 Å². The Morgan fingerprint density at radius 3 is 2.53 bits per heavy atom. The highest BCUT2D eigenvalue weighted by Gasteiger charge is 2.12. The summed E-state index contributed by atoms with van der Waals surface area (Å²) >= 11 is 1.94. The topological polar surface area (TPSA) is 41.1 Å². The summed E-state index contributed by atoms with van der Waals surface area (Å²) in [5, 5.41) is 6.06. The van der Waals surface area contributed by atoms with E-state index in [-0.39, 0.29) is 11.4 Å². The van der Waals surface area contributed by atoms with Crippen LogP contribution in [0.4, 0.5) is 0 Å². The molecular weight excluding hydrogens is 208 g/mol. The van der Waals surface area contributed by atoms with Crippen molar-refractivity contribution in [3.8, 4) is 0 Å². The fraction of sp³-hybridized carbons (Fsp3) is 0.909. The largest absolute Gasteiger partial charge is 0.350 e. The third kappa shape index (κ3) is 11.7. The van der Waals surface area contributed by atoms with E-state index >= 15 is 0 Å². The van der Waals surface area contributed by atoms with Gasteiger partial charge in [0.2, 0.25) is 5.91 Å². The molecule has 0 radical (unpaired) electrons. The number of nitrogens with one attached hydrogen (secondary N) is 2. The van der Waals surface area contributed by atoms with Gasteiger partial charge in [0.05, 0.1) is 6.54 Å². The summed E-state index contributed by atoms with van der Waals surface area (Å²) in [4.78, 5) is 11.4. The Morgan fingerprint density at radius 2 is 2.00 bits per heavy atom. The smallest absolute Gasteiger partial charge is 0.234 e. The first-order valence-electron chi connectivity index (χ1n) is 5.55. The fourth-order valence-electron chi connectivity index (χ4n) is 1.11. The number of amides is 1. The predicted molar refractivity (Wildman–Crippen MR) is 68.4 cm³/mol. The standard InChI is InChI=1S/C11H24N2OS/c1-5-15-8-6-7-12-9-10(14)13-11(2,3)4/h12H,5-9H2,1-4H3,(H,13,14). The quantitative estimate of drug-likeness (QED) is 0.656. The van der Waals surface area contributed by atoms with Crippen LogP contribution in [0, 0.1) is 0 Å². The van der Waals surface area contributed by atoms with E-state index in [4.69, 9.17) is 0 Å². The minimum atomic E-state index is -0.128. The molecule has 0 aliphatic carbocycles. The van der Waals surface area contributed by atoms with Crippen LogP contribution < -0.4 is 10.6 Å². The van der Waals surface area contributed by atoms with Crippen LogP contribution in [0.2, 0.25) is 0 Å². The van der Waals surface area contributed by atoms with Gasteiger partial charge in [0.25, 0.3) is 0 Å². The fourth-order valence-corrected chi connectivity index (χ4v) is 1.75. The molecule has 4 heteroatoms. The van der Waals surface area contributed by atoms with E-state index in [9.17, 15) is 4.79 Å². The van der Waals surface area contributed by atoms with Crippen LogP contribution >= 0.6 is 11.8 Å². The average Bonchev–Trinajstić information content (AvgIpc) is 2.08. The highest BCUT2D eigenvalue weighted by Crippen LogP contribution is 1.99. The molecular formula is C11H24N2OS. The molecule has 0 aliphatic rings.